The minimum atomic E-state index is -0.904. The number of ether oxygens (including phenoxy) is 3. The van der Waals surface area contributed by atoms with Gasteiger partial charge in [-0.2, -0.15) is 0 Å². The lowest BCUT2D eigenvalue weighted by atomic mass is 9.84. The number of nitrogens with one attached hydrogen (secondary N) is 2. The lowest BCUT2D eigenvalue weighted by Gasteiger charge is -2.38. The molecule has 3 aliphatic heterocycles. The molecule has 1 amide bonds. The monoisotopic (exact) mass is 476 g/mol. The maximum absolute atomic E-state index is 15.2. The molecule has 2 fully saturated rings. The fraction of sp³-hybridized carbons (Fsp3) is 0.542. The number of allylic oxidation sites excluding steroid dienone is 1. The van der Waals surface area contributed by atoms with Crippen LogP contribution in [-0.4, -0.2) is 77.5 Å². The van der Waals surface area contributed by atoms with Crippen molar-refractivity contribution < 1.29 is 27.8 Å². The van der Waals surface area contributed by atoms with Crippen LogP contribution in [0.1, 0.15) is 12.8 Å². The van der Waals surface area contributed by atoms with Crippen molar-refractivity contribution in [1.82, 2.24) is 15.5 Å². The highest BCUT2D eigenvalue weighted by atomic mass is 19.1. The van der Waals surface area contributed by atoms with Crippen LogP contribution < -0.4 is 25.0 Å². The highest BCUT2D eigenvalue weighted by Gasteiger charge is 2.58. The summed E-state index contributed by atoms with van der Waals surface area (Å²) in [7, 11) is 2.59. The number of halogens is 2. The van der Waals surface area contributed by atoms with Gasteiger partial charge in [0.25, 0.3) is 0 Å². The molecule has 5 rings (SSSR count). The van der Waals surface area contributed by atoms with Gasteiger partial charge >= 0.3 is 0 Å². The Morgan fingerprint density at radius 3 is 2.44 bits per heavy atom. The van der Waals surface area contributed by atoms with E-state index in [4.69, 9.17) is 14.2 Å². The van der Waals surface area contributed by atoms with Crippen molar-refractivity contribution in [3.05, 3.63) is 40.7 Å². The van der Waals surface area contributed by atoms with Crippen LogP contribution in [0.4, 0.5) is 14.5 Å². The molecule has 0 atom stereocenters. The molecule has 1 saturated heterocycles. The number of nitrogens with zero attached hydrogens (tertiary/aromatic N) is 2. The van der Waals surface area contributed by atoms with E-state index in [0.717, 1.165) is 62.4 Å². The van der Waals surface area contributed by atoms with Crippen molar-refractivity contribution in [2.45, 2.75) is 12.8 Å². The van der Waals surface area contributed by atoms with Gasteiger partial charge in [0, 0.05) is 45.3 Å². The summed E-state index contributed by atoms with van der Waals surface area (Å²) in [6, 6.07) is 1.15. The van der Waals surface area contributed by atoms with Crippen LogP contribution in [0.15, 0.2) is 29.1 Å². The normalized spacial score (nSPS) is 21.7. The molecule has 1 aromatic rings. The number of methoxy groups -OCH3 is 2. The summed E-state index contributed by atoms with van der Waals surface area (Å²) in [5.41, 5.74) is 0.771. The van der Waals surface area contributed by atoms with Crippen molar-refractivity contribution in [3.8, 4) is 11.5 Å². The molecular formula is C24H30F2N4O4. The maximum Gasteiger partial charge on any atom is 0.238 e. The van der Waals surface area contributed by atoms with E-state index in [1.54, 1.807) is 0 Å². The molecule has 0 aromatic heterocycles. The first-order chi connectivity index (χ1) is 16.5. The molecule has 8 nitrogen and oxygen atoms in total. The van der Waals surface area contributed by atoms with Gasteiger partial charge in [-0.1, -0.05) is 0 Å². The number of dihydropyridines is 1. The van der Waals surface area contributed by atoms with Gasteiger partial charge in [0.2, 0.25) is 5.91 Å². The lowest BCUT2D eigenvalue weighted by molar-refractivity contribution is -0.122. The van der Waals surface area contributed by atoms with Crippen molar-refractivity contribution in [1.29, 1.82) is 0 Å². The Balaban J connectivity index is 1.39. The van der Waals surface area contributed by atoms with Crippen molar-refractivity contribution in [2.75, 3.05) is 71.6 Å². The quantitative estimate of drug-likeness (QED) is 0.621. The molecule has 184 valence electrons. The van der Waals surface area contributed by atoms with E-state index in [9.17, 15) is 4.79 Å². The third-order valence-corrected chi connectivity index (χ3v) is 7.10. The summed E-state index contributed by atoms with van der Waals surface area (Å²) in [4.78, 5) is 17.1. The number of carbonyl (C=O) groups excluding carboxylic acids is 1. The first kappa shape index (κ1) is 22.9. The highest BCUT2D eigenvalue weighted by Crippen LogP contribution is 2.58. The molecule has 0 unspecified atom stereocenters. The van der Waals surface area contributed by atoms with Gasteiger partial charge in [-0.25, -0.2) is 8.78 Å². The third-order valence-electron chi connectivity index (χ3n) is 7.10. The number of hydrogen-bond acceptors (Lipinski definition) is 7. The van der Waals surface area contributed by atoms with E-state index in [0.29, 0.717) is 19.4 Å². The van der Waals surface area contributed by atoms with E-state index in [1.807, 2.05) is 6.08 Å². The molecule has 3 heterocycles. The number of hydrogen-bond donors (Lipinski definition) is 2. The third kappa shape index (κ3) is 3.88. The van der Waals surface area contributed by atoms with Crippen LogP contribution in [0.5, 0.6) is 11.5 Å². The van der Waals surface area contributed by atoms with Gasteiger partial charge in [-0.05, 0) is 30.1 Å². The largest absolute Gasteiger partial charge is 0.493 e. The first-order valence-electron chi connectivity index (χ1n) is 11.6. The fourth-order valence-corrected chi connectivity index (χ4v) is 5.03. The molecule has 1 saturated carbocycles. The Hall–Kier alpha value is -2.85. The maximum atomic E-state index is 15.2. The van der Waals surface area contributed by atoms with E-state index in [1.165, 1.54) is 19.1 Å². The number of morpholine rings is 1. The smallest absolute Gasteiger partial charge is 0.238 e. The van der Waals surface area contributed by atoms with Gasteiger partial charge in [0.05, 0.1) is 38.7 Å². The van der Waals surface area contributed by atoms with Gasteiger partial charge in [-0.15, -0.1) is 0 Å². The Labute approximate surface area is 197 Å². The van der Waals surface area contributed by atoms with Gasteiger partial charge in [0.15, 0.2) is 23.1 Å². The number of rotatable bonds is 7. The number of anilines is 1. The van der Waals surface area contributed by atoms with Gasteiger partial charge in [0.1, 0.15) is 5.69 Å². The van der Waals surface area contributed by atoms with Gasteiger partial charge < -0.3 is 29.7 Å². The van der Waals surface area contributed by atoms with E-state index in [2.05, 4.69) is 15.5 Å². The highest BCUT2D eigenvalue weighted by molar-refractivity contribution is 6.04. The van der Waals surface area contributed by atoms with Crippen LogP contribution in [0.2, 0.25) is 0 Å². The van der Waals surface area contributed by atoms with E-state index >= 15 is 8.78 Å². The van der Waals surface area contributed by atoms with Crippen LogP contribution >= 0.6 is 0 Å². The SMILES string of the molecule is COc1cc(OC)c(F)c(N2CC3=C(C=C(NCCN4CCOCC4)NC3)C3(CC3)C2=O)c1F. The second-order valence-electron chi connectivity index (χ2n) is 9.04. The second kappa shape index (κ2) is 9.07. The average molecular weight is 477 g/mol. The number of fused-ring (bicyclic) bond motifs is 1. The molecule has 1 spiro atoms. The second-order valence-corrected chi connectivity index (χ2v) is 9.04. The zero-order chi connectivity index (χ0) is 23.9. The molecule has 34 heavy (non-hydrogen) atoms. The topological polar surface area (TPSA) is 75.3 Å². The summed E-state index contributed by atoms with van der Waals surface area (Å²) in [6.07, 6.45) is 3.31. The van der Waals surface area contributed by atoms with Crippen LogP contribution in [0, 0.1) is 17.0 Å². The molecular weight excluding hydrogens is 446 g/mol. The number of benzene rings is 1. The molecule has 1 aliphatic carbocycles. The first-order valence-corrected chi connectivity index (χ1v) is 11.6. The number of carbonyl (C=O) groups is 1. The average Bonchev–Trinajstić information content (AvgIpc) is 3.65. The Bertz CT molecular complexity index is 1020. The van der Waals surface area contributed by atoms with Gasteiger partial charge in [-0.3, -0.25) is 9.69 Å². The van der Waals surface area contributed by atoms with Crippen LogP contribution in [0.3, 0.4) is 0 Å². The molecule has 4 aliphatic rings. The zero-order valence-corrected chi connectivity index (χ0v) is 19.5. The zero-order valence-electron chi connectivity index (χ0n) is 19.5. The minimum Gasteiger partial charge on any atom is -0.493 e. The molecule has 1 aromatic carbocycles. The standard InChI is InChI=1S/C24H30F2N4O4/c1-32-17-12-18(33-2)21(26)22(20(17)25)30-14-15-13-28-19(11-16(15)24(3-4-24)23(30)31)27-5-6-29-7-9-34-10-8-29/h11-12,27-28H,3-10,13-14H2,1-2H3. The fourth-order valence-electron chi connectivity index (χ4n) is 5.03. The Kier molecular flexibility index (Phi) is 6.11. The summed E-state index contributed by atoms with van der Waals surface area (Å²) < 4.78 is 45.9. The summed E-state index contributed by atoms with van der Waals surface area (Å²) in [5.74, 6) is -1.55. The van der Waals surface area contributed by atoms with Crippen molar-refractivity contribution >= 4 is 11.6 Å². The van der Waals surface area contributed by atoms with Crippen LogP contribution in [-0.2, 0) is 9.53 Å². The predicted molar refractivity (Wildman–Crippen MR) is 122 cm³/mol. The summed E-state index contributed by atoms with van der Waals surface area (Å²) >= 11 is 0. The number of amides is 1. The van der Waals surface area contributed by atoms with Crippen LogP contribution in [0.25, 0.3) is 0 Å². The van der Waals surface area contributed by atoms with E-state index in [-0.39, 0.29) is 24.0 Å². The predicted octanol–water partition coefficient (Wildman–Crippen LogP) is 1.77. The van der Waals surface area contributed by atoms with Crippen molar-refractivity contribution in [2.24, 2.45) is 5.41 Å². The summed E-state index contributed by atoms with van der Waals surface area (Å²) in [6.45, 7) is 5.67. The Morgan fingerprint density at radius 2 is 1.82 bits per heavy atom. The minimum absolute atomic E-state index is 0.102. The van der Waals surface area contributed by atoms with E-state index < -0.39 is 22.7 Å². The Morgan fingerprint density at radius 1 is 1.15 bits per heavy atom. The molecule has 2 N–H and O–H groups in total. The van der Waals surface area contributed by atoms with Crippen molar-refractivity contribution in [3.63, 3.8) is 0 Å². The summed E-state index contributed by atoms with van der Waals surface area (Å²) in [5, 5.41) is 6.79. The molecule has 0 radical (unpaired) electrons. The lowest BCUT2D eigenvalue weighted by Crippen LogP contribution is -2.48. The molecule has 10 heteroatoms. The molecule has 0 bridgehead atoms.